The average Bonchev–Trinajstić information content (AvgIpc) is 2.68. The molecule has 0 saturated carbocycles. The summed E-state index contributed by atoms with van der Waals surface area (Å²) in [4.78, 5) is 20.6. The third kappa shape index (κ3) is 3.99. The van der Waals surface area contributed by atoms with Crippen molar-refractivity contribution in [3.63, 3.8) is 0 Å². The predicted octanol–water partition coefficient (Wildman–Crippen LogP) is 0.414. The monoisotopic (exact) mass is 382 g/mol. The predicted molar refractivity (Wildman–Crippen MR) is 98.8 cm³/mol. The molecule has 0 unspecified atom stereocenters. The van der Waals surface area contributed by atoms with Gasteiger partial charge in [0.2, 0.25) is 10.0 Å². The lowest BCUT2D eigenvalue weighted by atomic mass is 10.1. The molecule has 1 atom stereocenters. The summed E-state index contributed by atoms with van der Waals surface area (Å²) in [5.41, 5.74) is 0.535. The standard InChI is InChI=1S/C17H26N4O4S/c1-19(2)16-12-14(5-6-18-16)17(22)20-7-3-4-15(13-20)26(23,24)21-8-10-25-11-9-21/h5-6,12,15H,3-4,7-11,13H2,1-2H3/t15-/m0/s1. The van der Waals surface area contributed by atoms with Gasteiger partial charge in [0.25, 0.3) is 5.91 Å². The van der Waals surface area contributed by atoms with E-state index in [1.807, 2.05) is 19.0 Å². The number of amides is 1. The summed E-state index contributed by atoms with van der Waals surface area (Å²) in [6, 6.07) is 3.41. The largest absolute Gasteiger partial charge is 0.379 e. The summed E-state index contributed by atoms with van der Waals surface area (Å²) in [6.07, 6.45) is 2.88. The summed E-state index contributed by atoms with van der Waals surface area (Å²) >= 11 is 0. The Bertz CT molecular complexity index is 747. The molecule has 2 aliphatic rings. The van der Waals surface area contributed by atoms with Crippen LogP contribution in [-0.2, 0) is 14.8 Å². The summed E-state index contributed by atoms with van der Waals surface area (Å²) in [5.74, 6) is 0.558. The number of sulfonamides is 1. The van der Waals surface area contributed by atoms with Crippen LogP contribution in [0.1, 0.15) is 23.2 Å². The van der Waals surface area contributed by atoms with Gasteiger partial charge in [-0.25, -0.2) is 13.4 Å². The second-order valence-electron chi connectivity index (χ2n) is 6.87. The van der Waals surface area contributed by atoms with Gasteiger partial charge in [0, 0.05) is 52.0 Å². The van der Waals surface area contributed by atoms with Crippen LogP contribution in [0.25, 0.3) is 0 Å². The number of hydrogen-bond donors (Lipinski definition) is 0. The van der Waals surface area contributed by atoms with Gasteiger partial charge < -0.3 is 14.5 Å². The number of morpholine rings is 1. The number of aromatic nitrogens is 1. The number of carbonyl (C=O) groups excluding carboxylic acids is 1. The Kier molecular flexibility index (Phi) is 5.79. The first kappa shape index (κ1) is 19.1. The minimum atomic E-state index is -3.42. The van der Waals surface area contributed by atoms with Gasteiger partial charge in [0.1, 0.15) is 5.82 Å². The van der Waals surface area contributed by atoms with Crippen molar-refractivity contribution >= 4 is 21.7 Å². The molecule has 8 nitrogen and oxygen atoms in total. The topological polar surface area (TPSA) is 83.1 Å². The lowest BCUT2D eigenvalue weighted by molar-refractivity contribution is 0.0686. The molecule has 0 N–H and O–H groups in total. The van der Waals surface area contributed by atoms with Gasteiger partial charge in [0.05, 0.1) is 18.5 Å². The van der Waals surface area contributed by atoms with Gasteiger partial charge in [-0.15, -0.1) is 0 Å². The van der Waals surface area contributed by atoms with Crippen molar-refractivity contribution in [2.75, 3.05) is 58.4 Å². The number of piperidine rings is 1. The van der Waals surface area contributed by atoms with Gasteiger partial charge >= 0.3 is 0 Å². The number of nitrogens with zero attached hydrogens (tertiary/aromatic N) is 4. The molecule has 0 radical (unpaired) electrons. The average molecular weight is 382 g/mol. The fourth-order valence-electron chi connectivity index (χ4n) is 3.36. The van der Waals surface area contributed by atoms with Crippen molar-refractivity contribution in [3.05, 3.63) is 23.9 Å². The molecule has 1 aromatic rings. The summed E-state index contributed by atoms with van der Waals surface area (Å²) in [7, 11) is 0.311. The fourth-order valence-corrected chi connectivity index (χ4v) is 5.27. The number of likely N-dealkylation sites (tertiary alicyclic amines) is 1. The van der Waals surface area contributed by atoms with E-state index in [9.17, 15) is 13.2 Å². The van der Waals surface area contributed by atoms with Crippen LogP contribution in [0.5, 0.6) is 0 Å². The van der Waals surface area contributed by atoms with Gasteiger partial charge in [-0.3, -0.25) is 4.79 Å². The molecule has 144 valence electrons. The Morgan fingerprint density at radius 1 is 1.27 bits per heavy atom. The molecule has 1 aromatic heterocycles. The first-order valence-corrected chi connectivity index (χ1v) is 10.4. The highest BCUT2D eigenvalue weighted by Crippen LogP contribution is 2.23. The van der Waals surface area contributed by atoms with E-state index in [1.54, 1.807) is 23.2 Å². The quantitative estimate of drug-likeness (QED) is 0.750. The lowest BCUT2D eigenvalue weighted by Crippen LogP contribution is -2.51. The lowest BCUT2D eigenvalue weighted by Gasteiger charge is -2.36. The molecule has 2 fully saturated rings. The smallest absolute Gasteiger partial charge is 0.254 e. The van der Waals surface area contributed by atoms with Gasteiger partial charge in [-0.2, -0.15) is 4.31 Å². The van der Waals surface area contributed by atoms with Crippen LogP contribution in [0, 0.1) is 0 Å². The molecule has 2 saturated heterocycles. The highest BCUT2D eigenvalue weighted by molar-refractivity contribution is 7.89. The second-order valence-corrected chi connectivity index (χ2v) is 9.08. The van der Waals surface area contributed by atoms with Crippen LogP contribution >= 0.6 is 0 Å². The van der Waals surface area contributed by atoms with Crippen molar-refractivity contribution in [3.8, 4) is 0 Å². The van der Waals surface area contributed by atoms with E-state index in [4.69, 9.17) is 4.74 Å². The molecule has 0 aliphatic carbocycles. The number of ether oxygens (including phenoxy) is 1. The number of rotatable bonds is 4. The second kappa shape index (κ2) is 7.89. The zero-order valence-corrected chi connectivity index (χ0v) is 16.1. The van der Waals surface area contributed by atoms with E-state index in [1.165, 1.54) is 4.31 Å². The molecule has 1 amide bonds. The van der Waals surface area contributed by atoms with Crippen molar-refractivity contribution < 1.29 is 17.9 Å². The Morgan fingerprint density at radius 2 is 2.00 bits per heavy atom. The molecule has 0 aromatic carbocycles. The zero-order valence-electron chi connectivity index (χ0n) is 15.3. The van der Waals surface area contributed by atoms with Crippen LogP contribution in [0.2, 0.25) is 0 Å². The Labute approximate surface area is 154 Å². The third-order valence-corrected chi connectivity index (χ3v) is 7.18. The molecular formula is C17H26N4O4S. The number of pyridine rings is 1. The van der Waals surface area contributed by atoms with E-state index in [2.05, 4.69) is 4.98 Å². The van der Waals surface area contributed by atoms with Crippen molar-refractivity contribution in [1.29, 1.82) is 0 Å². The molecule has 0 bridgehead atoms. The van der Waals surface area contributed by atoms with Crippen LogP contribution in [0.3, 0.4) is 0 Å². The minimum Gasteiger partial charge on any atom is -0.379 e. The van der Waals surface area contributed by atoms with E-state index in [-0.39, 0.29) is 12.5 Å². The SMILES string of the molecule is CN(C)c1cc(C(=O)N2CCC[C@H](S(=O)(=O)N3CCOCC3)C2)ccn1. The van der Waals surface area contributed by atoms with Crippen LogP contribution in [0.15, 0.2) is 18.3 Å². The fraction of sp³-hybridized carbons (Fsp3) is 0.647. The maximum absolute atomic E-state index is 12.9. The molecule has 0 spiro atoms. The molecule has 26 heavy (non-hydrogen) atoms. The van der Waals surface area contributed by atoms with Gasteiger partial charge in [-0.05, 0) is 25.0 Å². The van der Waals surface area contributed by atoms with Crippen LogP contribution < -0.4 is 4.90 Å². The summed E-state index contributed by atoms with van der Waals surface area (Å²) in [6.45, 7) is 2.45. The number of hydrogen-bond acceptors (Lipinski definition) is 6. The normalized spacial score (nSPS) is 22.2. The summed E-state index contributed by atoms with van der Waals surface area (Å²) in [5, 5.41) is -0.548. The highest BCUT2D eigenvalue weighted by atomic mass is 32.2. The van der Waals surface area contributed by atoms with Crippen molar-refractivity contribution in [2.45, 2.75) is 18.1 Å². The molecular weight excluding hydrogens is 356 g/mol. The Balaban J connectivity index is 1.73. The molecule has 2 aliphatic heterocycles. The number of carbonyl (C=O) groups is 1. The molecule has 9 heteroatoms. The first-order chi connectivity index (χ1) is 12.4. The van der Waals surface area contributed by atoms with E-state index < -0.39 is 15.3 Å². The number of anilines is 1. The van der Waals surface area contributed by atoms with Gasteiger partial charge in [-0.1, -0.05) is 0 Å². The first-order valence-electron chi connectivity index (χ1n) is 8.89. The Morgan fingerprint density at radius 3 is 2.69 bits per heavy atom. The molecule has 3 rings (SSSR count). The van der Waals surface area contributed by atoms with E-state index in [0.29, 0.717) is 57.1 Å². The zero-order chi connectivity index (χ0) is 18.7. The van der Waals surface area contributed by atoms with Crippen molar-refractivity contribution in [1.82, 2.24) is 14.2 Å². The summed E-state index contributed by atoms with van der Waals surface area (Å²) < 4.78 is 32.6. The maximum atomic E-state index is 12.9. The Hall–Kier alpha value is -1.71. The maximum Gasteiger partial charge on any atom is 0.254 e. The van der Waals surface area contributed by atoms with Crippen LogP contribution in [-0.4, -0.2) is 87.3 Å². The highest BCUT2D eigenvalue weighted by Gasteiger charge is 2.37. The van der Waals surface area contributed by atoms with Crippen LogP contribution in [0.4, 0.5) is 5.82 Å². The van der Waals surface area contributed by atoms with Gasteiger partial charge in [0.15, 0.2) is 0 Å². The minimum absolute atomic E-state index is 0.141. The van der Waals surface area contributed by atoms with E-state index in [0.717, 1.165) is 0 Å². The van der Waals surface area contributed by atoms with E-state index >= 15 is 0 Å². The third-order valence-electron chi connectivity index (χ3n) is 4.87. The van der Waals surface area contributed by atoms with Crippen molar-refractivity contribution in [2.24, 2.45) is 0 Å². The molecule has 3 heterocycles.